The summed E-state index contributed by atoms with van der Waals surface area (Å²) in [6, 6.07) is 0. The monoisotopic (exact) mass is 893 g/mol. The average Bonchev–Trinajstić information content (AvgIpc) is 4.00. The molecule has 1 aliphatic carbocycles. The number of methoxy groups -OCH3 is 1. The molecule has 5 N–H and O–H groups in total. The number of ether oxygens (including phenoxy) is 2. The second-order valence-electron chi connectivity index (χ2n) is 20.6. The van der Waals surface area contributed by atoms with Crippen LogP contribution in [-0.2, 0) is 19.1 Å². The van der Waals surface area contributed by atoms with Gasteiger partial charge in [-0.25, -0.2) is 0 Å². The van der Waals surface area contributed by atoms with Crippen molar-refractivity contribution in [2.24, 2.45) is 47.3 Å². The molecule has 10 nitrogen and oxygen atoms in total. The molecule has 2 fully saturated rings. The molecule has 2 aromatic rings. The van der Waals surface area contributed by atoms with Crippen LogP contribution in [0.15, 0.2) is 34.4 Å². The number of aromatic amines is 2. The molecule has 356 valence electrons. The summed E-state index contributed by atoms with van der Waals surface area (Å²) < 4.78 is 11.2. The molecular formula is C55H80N4O6. The van der Waals surface area contributed by atoms with Crippen molar-refractivity contribution < 1.29 is 29.0 Å². The maximum atomic E-state index is 13.7. The van der Waals surface area contributed by atoms with Gasteiger partial charge >= 0.3 is 11.9 Å². The van der Waals surface area contributed by atoms with Gasteiger partial charge in [-0.1, -0.05) is 99.0 Å². The fourth-order valence-electron chi connectivity index (χ4n) is 11.2. The first kappa shape index (κ1) is 49.9. The van der Waals surface area contributed by atoms with Gasteiger partial charge in [0.25, 0.3) is 0 Å². The molecule has 3 aliphatic heterocycles. The number of hydrogen-bond donors (Lipinski definition) is 5. The normalized spacial score (nSPS) is 27.0. The number of rotatable bonds is 20. The minimum Gasteiger partial charge on any atom is -0.468 e. The highest BCUT2D eigenvalue weighted by Gasteiger charge is 2.49. The van der Waals surface area contributed by atoms with E-state index in [9.17, 15) is 19.5 Å². The van der Waals surface area contributed by atoms with E-state index in [0.29, 0.717) is 34.7 Å². The molecule has 5 heterocycles. The van der Waals surface area contributed by atoms with Crippen LogP contribution in [0.2, 0.25) is 0 Å². The molecule has 8 atom stereocenters. The van der Waals surface area contributed by atoms with E-state index in [4.69, 9.17) is 9.47 Å². The number of hydrogen-bond acceptors (Lipinski definition) is 8. The van der Waals surface area contributed by atoms with E-state index in [1.807, 2.05) is 19.9 Å². The van der Waals surface area contributed by atoms with Crippen LogP contribution in [0.5, 0.6) is 0 Å². The van der Waals surface area contributed by atoms with Gasteiger partial charge in [-0.3, -0.25) is 14.4 Å². The number of esters is 2. The molecular weight excluding hydrogens is 813 g/mol. The SMILES string of the molecule is CC[C@H]1/C2=C/c3[nH]c4c(c3C)C(O)[C@H](C(=O)OC)/C4=C3/N/C(=C\c4[nH]c(c(C(C)=O)c4C)/C=C(\N2)[C@@H]1C)[C@@H](C)[C@@H]3CCC(=O)OC/C=C(\C)CCC[C@@H](C)CCC[C@H](C)CCCC(C)C. The number of aliphatic hydroxyl groups excluding tert-OH is 1. The van der Waals surface area contributed by atoms with E-state index < -0.39 is 18.0 Å². The van der Waals surface area contributed by atoms with Crippen LogP contribution < -0.4 is 10.6 Å². The topological polar surface area (TPSA) is 146 Å². The Bertz CT molecular complexity index is 2230. The first-order valence-electron chi connectivity index (χ1n) is 24.9. The number of carbonyl (C=O) groups excluding carboxylic acids is 3. The summed E-state index contributed by atoms with van der Waals surface area (Å²) in [5.41, 5.74) is 11.8. The number of allylic oxidation sites excluding steroid dienone is 5. The number of aromatic nitrogens is 2. The highest BCUT2D eigenvalue weighted by atomic mass is 16.5. The summed E-state index contributed by atoms with van der Waals surface area (Å²) in [5, 5.41) is 19.4. The number of carbonyl (C=O) groups is 3. The largest absolute Gasteiger partial charge is 0.468 e. The first-order valence-corrected chi connectivity index (χ1v) is 24.9. The van der Waals surface area contributed by atoms with E-state index in [1.54, 1.807) is 6.92 Å². The number of fused-ring (bicyclic) bond motifs is 7. The van der Waals surface area contributed by atoms with Crippen molar-refractivity contribution in [3.05, 3.63) is 79.5 Å². The Labute approximate surface area is 389 Å². The van der Waals surface area contributed by atoms with Crippen LogP contribution in [0.3, 0.4) is 0 Å². The summed E-state index contributed by atoms with van der Waals surface area (Å²) >= 11 is 0. The Morgan fingerprint density at radius 2 is 1.37 bits per heavy atom. The quantitative estimate of drug-likeness (QED) is 0.0502. The van der Waals surface area contributed by atoms with Gasteiger partial charge in [0.1, 0.15) is 12.5 Å². The van der Waals surface area contributed by atoms with Gasteiger partial charge in [-0.2, -0.15) is 0 Å². The molecule has 0 spiro atoms. The van der Waals surface area contributed by atoms with Crippen molar-refractivity contribution in [1.82, 2.24) is 20.6 Å². The third-order valence-corrected chi connectivity index (χ3v) is 15.3. The molecule has 4 aliphatic rings. The van der Waals surface area contributed by atoms with Gasteiger partial charge in [-0.05, 0) is 107 Å². The zero-order valence-corrected chi connectivity index (χ0v) is 41.7. The van der Waals surface area contributed by atoms with E-state index in [-0.39, 0.29) is 48.5 Å². The van der Waals surface area contributed by atoms with Crippen molar-refractivity contribution in [1.29, 1.82) is 0 Å². The third-order valence-electron chi connectivity index (χ3n) is 15.3. The Kier molecular flexibility index (Phi) is 16.7. The smallest absolute Gasteiger partial charge is 0.316 e. The molecule has 0 saturated carbocycles. The lowest BCUT2D eigenvalue weighted by Gasteiger charge is -2.21. The van der Waals surface area contributed by atoms with Gasteiger partial charge in [0, 0.05) is 81.0 Å². The Morgan fingerprint density at radius 3 is 2.02 bits per heavy atom. The summed E-state index contributed by atoms with van der Waals surface area (Å²) in [6.45, 7) is 23.9. The van der Waals surface area contributed by atoms with E-state index >= 15 is 0 Å². The van der Waals surface area contributed by atoms with Crippen molar-refractivity contribution >= 4 is 41.5 Å². The molecule has 10 heteroatoms. The van der Waals surface area contributed by atoms with Gasteiger partial charge in [-0.15, -0.1) is 0 Å². The second-order valence-corrected chi connectivity index (χ2v) is 20.6. The molecule has 1 unspecified atom stereocenters. The molecule has 0 amide bonds. The molecule has 0 aromatic carbocycles. The van der Waals surface area contributed by atoms with E-state index in [0.717, 1.165) is 82.1 Å². The number of nitrogens with one attached hydrogen (secondary N) is 4. The number of Topliss-reactive ketones (excluding diaryl/α,β-unsaturated/α-hetero) is 1. The van der Waals surface area contributed by atoms with Crippen molar-refractivity contribution in [2.75, 3.05) is 13.7 Å². The zero-order chi connectivity index (χ0) is 47.3. The van der Waals surface area contributed by atoms with Crippen LogP contribution in [0.25, 0.3) is 23.8 Å². The number of aliphatic hydroxyl groups is 1. The van der Waals surface area contributed by atoms with Crippen molar-refractivity contribution in [3.63, 3.8) is 0 Å². The summed E-state index contributed by atoms with van der Waals surface area (Å²) in [6.07, 6.45) is 20.0. The predicted octanol–water partition coefficient (Wildman–Crippen LogP) is 12.3. The minimum absolute atomic E-state index is 0.0194. The molecule has 6 rings (SSSR count). The maximum Gasteiger partial charge on any atom is 0.316 e. The molecule has 0 radical (unpaired) electrons. The lowest BCUT2D eigenvalue weighted by Crippen LogP contribution is -2.24. The third kappa shape index (κ3) is 11.2. The lowest BCUT2D eigenvalue weighted by atomic mass is 9.84. The first-order chi connectivity index (χ1) is 30.9. The summed E-state index contributed by atoms with van der Waals surface area (Å²) in [4.78, 5) is 47.6. The number of ketones is 1. The minimum atomic E-state index is -1.13. The fourth-order valence-corrected chi connectivity index (χ4v) is 11.2. The molecule has 8 bridgehead atoms. The Morgan fingerprint density at radius 1 is 0.769 bits per heavy atom. The summed E-state index contributed by atoms with van der Waals surface area (Å²) in [7, 11) is 1.35. The number of H-pyrrole nitrogens is 2. The molecule has 2 aromatic heterocycles. The lowest BCUT2D eigenvalue weighted by molar-refractivity contribution is -0.146. The average molecular weight is 893 g/mol. The van der Waals surface area contributed by atoms with Gasteiger partial charge in [0.2, 0.25) is 0 Å². The maximum absolute atomic E-state index is 13.7. The van der Waals surface area contributed by atoms with Crippen LogP contribution in [0.1, 0.15) is 195 Å². The predicted molar refractivity (Wildman–Crippen MR) is 263 cm³/mol. The molecule has 65 heavy (non-hydrogen) atoms. The summed E-state index contributed by atoms with van der Waals surface area (Å²) in [5.74, 6) is 0.563. The highest BCUT2D eigenvalue weighted by molar-refractivity contribution is 6.00. The standard InChI is InChI=1S/C55H80N4O6/c1-13-39-34(7)41-29-46-48(38(11)60)36(9)43(57-46)27-42-35(8)40(52(58-42)50-51(55(63)64-12)54(62)49-37(10)44(59-53(49)50)28-45(39)56-41)23-24-47(61)65-26-25-33(6)22-16-21-32(5)20-15-19-31(4)18-14-17-30(2)3/h25,27-32,34-35,39-40,51,54,56-59,62H,13-24,26H2,1-12H3/b33-25+,41-29-,42-27-,45-28-,52-50-/t31-,32+,34-,35+,39-,40+,51-,54?/m1/s1. The van der Waals surface area contributed by atoms with E-state index in [1.165, 1.54) is 57.6 Å². The van der Waals surface area contributed by atoms with Gasteiger partial charge in [0.15, 0.2) is 5.78 Å². The van der Waals surface area contributed by atoms with Crippen molar-refractivity contribution in [2.45, 2.75) is 159 Å². The Balaban J connectivity index is 1.21. The zero-order valence-electron chi connectivity index (χ0n) is 41.7. The molecule has 2 saturated heterocycles. The second kappa shape index (κ2) is 21.8. The van der Waals surface area contributed by atoms with Crippen LogP contribution in [-0.4, -0.2) is 46.5 Å². The Hall–Kier alpha value is -4.57. The van der Waals surface area contributed by atoms with Crippen molar-refractivity contribution in [3.8, 4) is 0 Å². The van der Waals surface area contributed by atoms with Gasteiger partial charge < -0.3 is 35.2 Å². The van der Waals surface area contributed by atoms with Crippen LogP contribution >= 0.6 is 0 Å². The van der Waals surface area contributed by atoms with Crippen LogP contribution in [0.4, 0.5) is 0 Å². The van der Waals surface area contributed by atoms with E-state index in [2.05, 4.69) is 94.2 Å². The highest BCUT2D eigenvalue weighted by Crippen LogP contribution is 2.53. The van der Waals surface area contributed by atoms with Gasteiger partial charge in [0.05, 0.1) is 24.6 Å². The fraction of sp³-hybridized carbons (Fsp3) is 0.618. The van der Waals surface area contributed by atoms with Crippen LogP contribution in [0, 0.1) is 61.2 Å².